The van der Waals surface area contributed by atoms with E-state index in [1.807, 2.05) is 24.3 Å². The van der Waals surface area contributed by atoms with Crippen LogP contribution < -0.4 is 5.32 Å². The first kappa shape index (κ1) is 21.1. The highest BCUT2D eigenvalue weighted by Gasteiger charge is 2.31. The monoisotopic (exact) mass is 421 g/mol. The van der Waals surface area contributed by atoms with Crippen LogP contribution in [-0.4, -0.2) is 28.9 Å². The number of aromatic nitrogens is 1. The lowest BCUT2D eigenvalue weighted by atomic mass is 9.88. The maximum absolute atomic E-state index is 14.1. The Morgan fingerprint density at radius 3 is 2.71 bits per heavy atom. The molecule has 1 amide bonds. The molecule has 1 fully saturated rings. The zero-order chi connectivity index (χ0) is 21.6. The van der Waals surface area contributed by atoms with Crippen molar-refractivity contribution in [3.05, 3.63) is 101 Å². The minimum atomic E-state index is -0.448. The second-order valence-corrected chi connectivity index (χ2v) is 7.94. The average molecular weight is 421 g/mol. The largest absolute Gasteiger partial charge is 0.343 e. The van der Waals surface area contributed by atoms with E-state index in [1.165, 1.54) is 24.3 Å². The topological polar surface area (TPSA) is 45.2 Å². The van der Waals surface area contributed by atoms with Crippen LogP contribution in [0.3, 0.4) is 0 Å². The van der Waals surface area contributed by atoms with Crippen LogP contribution >= 0.6 is 0 Å². The normalized spacial score (nSPS) is 17.8. The first-order valence-corrected chi connectivity index (χ1v) is 10.5. The van der Waals surface area contributed by atoms with Crippen molar-refractivity contribution in [2.24, 2.45) is 5.92 Å². The predicted molar refractivity (Wildman–Crippen MR) is 115 cm³/mol. The first-order chi connectivity index (χ1) is 15.1. The van der Waals surface area contributed by atoms with E-state index >= 15 is 0 Å². The van der Waals surface area contributed by atoms with Gasteiger partial charge in [0.05, 0.1) is 11.7 Å². The number of hydrogen-bond donors (Lipinski definition) is 1. The summed E-state index contributed by atoms with van der Waals surface area (Å²) in [6.07, 6.45) is 3.56. The number of pyridine rings is 1. The molecule has 31 heavy (non-hydrogen) atoms. The number of carbonyl (C=O) groups excluding carboxylic acids is 1. The fourth-order valence-electron chi connectivity index (χ4n) is 4.22. The molecule has 1 aromatic heterocycles. The number of hydrogen-bond acceptors (Lipinski definition) is 3. The lowest BCUT2D eigenvalue weighted by molar-refractivity contribution is 0.0874. The highest BCUT2D eigenvalue weighted by molar-refractivity contribution is 5.94. The SMILES string of the molecule is O=C(NC(c1ccccn1)C1CCCN(Cc2ccccc2F)C1)c1cccc(F)c1. The van der Waals surface area contributed by atoms with Crippen LogP contribution in [-0.2, 0) is 6.54 Å². The Bertz CT molecular complexity index is 1030. The van der Waals surface area contributed by atoms with Crippen LogP contribution in [0.25, 0.3) is 0 Å². The molecule has 1 aliphatic rings. The van der Waals surface area contributed by atoms with Gasteiger partial charge in [-0.15, -0.1) is 0 Å². The Morgan fingerprint density at radius 2 is 1.94 bits per heavy atom. The van der Waals surface area contributed by atoms with E-state index in [9.17, 15) is 13.6 Å². The third kappa shape index (κ3) is 5.33. The Kier molecular flexibility index (Phi) is 6.67. The lowest BCUT2D eigenvalue weighted by Gasteiger charge is -2.37. The van der Waals surface area contributed by atoms with Gasteiger partial charge in [-0.1, -0.05) is 30.3 Å². The smallest absolute Gasteiger partial charge is 0.251 e. The zero-order valence-electron chi connectivity index (χ0n) is 17.2. The molecule has 2 aromatic carbocycles. The number of amides is 1. The standard InChI is InChI=1S/C25H25F2N3O/c26-21-10-5-8-18(15-21)25(31)29-24(23-12-3-4-13-28-23)20-9-6-14-30(17-20)16-19-7-1-2-11-22(19)27/h1-5,7-8,10-13,15,20,24H,6,9,14,16-17H2,(H,29,31). The molecular formula is C25H25F2N3O. The lowest BCUT2D eigenvalue weighted by Crippen LogP contribution is -2.43. The summed E-state index contributed by atoms with van der Waals surface area (Å²) in [6.45, 7) is 2.10. The fourth-order valence-corrected chi connectivity index (χ4v) is 4.22. The summed E-state index contributed by atoms with van der Waals surface area (Å²) < 4.78 is 27.7. The fraction of sp³-hybridized carbons (Fsp3) is 0.280. The molecule has 0 radical (unpaired) electrons. The van der Waals surface area contributed by atoms with E-state index in [1.54, 1.807) is 24.4 Å². The van der Waals surface area contributed by atoms with Gasteiger partial charge in [0.25, 0.3) is 5.91 Å². The maximum Gasteiger partial charge on any atom is 0.251 e. The van der Waals surface area contributed by atoms with Gasteiger partial charge in [0.2, 0.25) is 0 Å². The molecule has 2 unspecified atom stereocenters. The molecule has 1 saturated heterocycles. The quantitative estimate of drug-likeness (QED) is 0.625. The van der Waals surface area contributed by atoms with Crippen LogP contribution in [0.1, 0.15) is 40.5 Å². The maximum atomic E-state index is 14.1. The number of benzene rings is 2. The second-order valence-electron chi connectivity index (χ2n) is 7.94. The van der Waals surface area contributed by atoms with E-state index in [0.717, 1.165) is 25.1 Å². The third-order valence-electron chi connectivity index (χ3n) is 5.74. The van der Waals surface area contributed by atoms with Gasteiger partial charge in [0.15, 0.2) is 0 Å². The highest BCUT2D eigenvalue weighted by atomic mass is 19.1. The van der Waals surface area contributed by atoms with Crippen molar-refractivity contribution in [2.45, 2.75) is 25.4 Å². The number of nitrogens with one attached hydrogen (secondary N) is 1. The van der Waals surface area contributed by atoms with E-state index in [-0.39, 0.29) is 29.2 Å². The summed E-state index contributed by atoms with van der Waals surface area (Å²) in [6, 6.07) is 17.8. The first-order valence-electron chi connectivity index (χ1n) is 10.5. The molecule has 2 atom stereocenters. The second kappa shape index (κ2) is 9.79. The van der Waals surface area contributed by atoms with Crippen molar-refractivity contribution < 1.29 is 13.6 Å². The van der Waals surface area contributed by atoms with Gasteiger partial charge in [-0.25, -0.2) is 8.78 Å². The molecule has 0 aliphatic carbocycles. The number of likely N-dealkylation sites (tertiary alicyclic amines) is 1. The number of piperidine rings is 1. The highest BCUT2D eigenvalue weighted by Crippen LogP contribution is 2.30. The molecule has 4 nitrogen and oxygen atoms in total. The van der Waals surface area contributed by atoms with Crippen LogP contribution in [0.15, 0.2) is 72.9 Å². The molecule has 2 heterocycles. The van der Waals surface area contributed by atoms with Gasteiger partial charge in [-0.2, -0.15) is 0 Å². The van der Waals surface area contributed by atoms with Crippen LogP contribution in [0, 0.1) is 17.6 Å². The molecule has 160 valence electrons. The molecule has 0 spiro atoms. The van der Waals surface area contributed by atoms with E-state index < -0.39 is 5.82 Å². The van der Waals surface area contributed by atoms with E-state index in [2.05, 4.69) is 15.2 Å². The molecule has 4 rings (SSSR count). The Morgan fingerprint density at radius 1 is 1.10 bits per heavy atom. The molecule has 1 N–H and O–H groups in total. The summed E-state index contributed by atoms with van der Waals surface area (Å²) >= 11 is 0. The van der Waals surface area contributed by atoms with Crippen LogP contribution in [0.5, 0.6) is 0 Å². The number of nitrogens with zero attached hydrogens (tertiary/aromatic N) is 2. The van der Waals surface area contributed by atoms with E-state index in [0.29, 0.717) is 18.7 Å². The minimum absolute atomic E-state index is 0.105. The summed E-state index contributed by atoms with van der Waals surface area (Å²) in [5.74, 6) is -0.879. The number of carbonyl (C=O) groups is 1. The van der Waals surface area contributed by atoms with Gasteiger partial charge in [0.1, 0.15) is 11.6 Å². The van der Waals surface area contributed by atoms with Crippen LogP contribution in [0.4, 0.5) is 8.78 Å². The number of halogens is 2. The average Bonchev–Trinajstić information content (AvgIpc) is 2.79. The summed E-state index contributed by atoms with van der Waals surface area (Å²) in [4.78, 5) is 19.6. The van der Waals surface area contributed by atoms with E-state index in [4.69, 9.17) is 0 Å². The van der Waals surface area contributed by atoms with Crippen molar-refractivity contribution in [3.63, 3.8) is 0 Å². The van der Waals surface area contributed by atoms with Crippen molar-refractivity contribution in [3.8, 4) is 0 Å². The Balaban J connectivity index is 1.53. The molecule has 6 heteroatoms. The zero-order valence-corrected chi connectivity index (χ0v) is 17.2. The molecule has 0 bridgehead atoms. The minimum Gasteiger partial charge on any atom is -0.343 e. The Hall–Kier alpha value is -3.12. The van der Waals surface area contributed by atoms with Crippen molar-refractivity contribution in [1.29, 1.82) is 0 Å². The summed E-state index contributed by atoms with van der Waals surface area (Å²) in [5.41, 5.74) is 1.71. The summed E-state index contributed by atoms with van der Waals surface area (Å²) in [7, 11) is 0. The van der Waals surface area contributed by atoms with Gasteiger partial charge in [0, 0.05) is 30.4 Å². The molecule has 0 saturated carbocycles. The molecule has 3 aromatic rings. The summed E-state index contributed by atoms with van der Waals surface area (Å²) in [5, 5.41) is 3.07. The van der Waals surface area contributed by atoms with Crippen molar-refractivity contribution in [2.75, 3.05) is 13.1 Å². The molecular weight excluding hydrogens is 396 g/mol. The van der Waals surface area contributed by atoms with Gasteiger partial charge in [-0.3, -0.25) is 14.7 Å². The molecule has 1 aliphatic heterocycles. The Labute approximate surface area is 180 Å². The third-order valence-corrected chi connectivity index (χ3v) is 5.74. The van der Waals surface area contributed by atoms with Crippen molar-refractivity contribution >= 4 is 5.91 Å². The van der Waals surface area contributed by atoms with Gasteiger partial charge >= 0.3 is 0 Å². The van der Waals surface area contributed by atoms with Crippen molar-refractivity contribution in [1.82, 2.24) is 15.2 Å². The predicted octanol–water partition coefficient (Wildman–Crippen LogP) is 4.74. The van der Waals surface area contributed by atoms with Crippen LogP contribution in [0.2, 0.25) is 0 Å². The van der Waals surface area contributed by atoms with Gasteiger partial charge in [-0.05, 0) is 61.7 Å². The van der Waals surface area contributed by atoms with Gasteiger partial charge < -0.3 is 5.32 Å². The number of rotatable bonds is 6.